The lowest BCUT2D eigenvalue weighted by atomic mass is 10.0. The van der Waals surface area contributed by atoms with Crippen LogP contribution in [-0.2, 0) is 62.3 Å². The summed E-state index contributed by atoms with van der Waals surface area (Å²) in [5, 5.41) is 37.8. The van der Waals surface area contributed by atoms with Gasteiger partial charge in [0.05, 0.1) is 0 Å². The summed E-state index contributed by atoms with van der Waals surface area (Å²) in [7, 11) is 0. The van der Waals surface area contributed by atoms with E-state index >= 15 is 0 Å². The summed E-state index contributed by atoms with van der Waals surface area (Å²) in [6.07, 6.45) is 0. The number of carbonyl (C=O) groups excluding carboxylic acids is 12. The minimum atomic E-state index is -1.66. The Morgan fingerprint density at radius 3 is 0.687 bits per heavy atom. The zero-order valence-electron chi connectivity index (χ0n) is 41.0. The van der Waals surface area contributed by atoms with Crippen molar-refractivity contribution in [1.29, 1.82) is 0 Å². The molecule has 0 aliphatic carbocycles. The van der Waals surface area contributed by atoms with Crippen molar-refractivity contribution in [3.05, 3.63) is 0 Å². The molecule has 0 aromatic heterocycles. The van der Waals surface area contributed by atoms with Crippen molar-refractivity contribution in [3.63, 3.8) is 0 Å². The van der Waals surface area contributed by atoms with E-state index in [2.05, 4.69) is 63.8 Å². The van der Waals surface area contributed by atoms with Crippen LogP contribution in [-0.4, -0.2) is 153 Å². The van der Waals surface area contributed by atoms with Crippen LogP contribution in [0.2, 0.25) is 0 Å². The number of amides is 12. The Kier molecular flexibility index (Phi) is 22.6. The van der Waals surface area contributed by atoms with Crippen LogP contribution in [0, 0.1) is 0 Å². The van der Waals surface area contributed by atoms with Crippen LogP contribution < -0.4 is 63.8 Å². The molecule has 0 fully saturated rings. The Morgan fingerprint density at radius 1 is 0.299 bits per heavy atom. The zero-order chi connectivity index (χ0) is 52.7. The molecule has 0 unspecified atom stereocenters. The first-order chi connectivity index (χ1) is 30.4. The maximum atomic E-state index is 13.2. The molecule has 26 heteroatoms. The van der Waals surface area contributed by atoms with Gasteiger partial charge < -0.3 is 68.9 Å². The van der Waals surface area contributed by atoms with Crippen molar-refractivity contribution >= 4 is 76.9 Å². The molecule has 0 saturated heterocycles. The largest absolute Gasteiger partial charge is 0.480 e. The van der Waals surface area contributed by atoms with Gasteiger partial charge in [-0.3, -0.25) is 62.3 Å². The first-order valence-electron chi connectivity index (χ1n) is 21.3. The summed E-state index contributed by atoms with van der Waals surface area (Å²) in [6.45, 7) is 21.2. The lowest BCUT2D eigenvalue weighted by molar-refractivity contribution is -0.142. The van der Waals surface area contributed by atoms with Gasteiger partial charge in [0.25, 0.3) is 0 Å². The fourth-order valence-corrected chi connectivity index (χ4v) is 5.13. The Balaban J connectivity index is 5.14. The number of hydrogen-bond donors (Lipinski definition) is 13. The SMILES string of the molecule is CC(=O)N[C@@H](C)C(=O)NC(C)(C)C(=O)N[C@@H](C)C(=O)N[C@@H](C)C(=O)N[C@@H](C)C(=O)N[C@@H](C)C(=O)NC(C)(C)C(=O)N[C@@H](C)C(=O)N[C@@H](C)C(=O)N[C@@H](C)C(=O)NC(C)(C)C(=O)N[C@@H](C)C(=O)O. The third-order valence-corrected chi connectivity index (χ3v) is 9.78. The molecule has 26 nitrogen and oxygen atoms in total. The van der Waals surface area contributed by atoms with Crippen LogP contribution in [0.4, 0.5) is 0 Å². The Labute approximate surface area is 389 Å². The highest BCUT2D eigenvalue weighted by Crippen LogP contribution is 2.07. The van der Waals surface area contributed by atoms with E-state index in [9.17, 15) is 62.3 Å². The standard InChI is InChI=1S/C41H70N12O14/c1-17(44-30(58)20(4)48-36(65)39(11,12)51-32(60)22(6)42-26(10)54)27(55)43-18(2)28(56)46-23(7)33(61)52-40(13,14)37(66)49-21(5)31(59)45-19(3)29(57)47-24(8)34(62)53-41(15,16)38(67)50-25(9)35(63)64/h17-25H,1-16H3,(H,42,54)(H,43,55)(H,44,58)(H,45,59)(H,46,56)(H,47,57)(H,48,65)(H,49,66)(H,50,67)(H,51,60)(H,52,61)(H,53,62)(H,63,64)/t17-,18-,19-,20-,21-,22-,23-,24-,25-/m0/s1. The van der Waals surface area contributed by atoms with Crippen molar-refractivity contribution in [2.24, 2.45) is 0 Å². The Hall–Kier alpha value is -6.89. The van der Waals surface area contributed by atoms with E-state index in [4.69, 9.17) is 5.11 Å². The molecule has 0 aliphatic heterocycles. The first kappa shape index (κ1) is 60.1. The molecule has 0 spiro atoms. The maximum absolute atomic E-state index is 13.2. The van der Waals surface area contributed by atoms with Gasteiger partial charge in [-0.1, -0.05) is 0 Å². The second-order valence-electron chi connectivity index (χ2n) is 17.8. The molecule has 67 heavy (non-hydrogen) atoms. The normalized spacial score (nSPS) is 15.5. The average molecular weight is 955 g/mol. The van der Waals surface area contributed by atoms with E-state index < -0.39 is 148 Å². The van der Waals surface area contributed by atoms with Gasteiger partial charge in [0.2, 0.25) is 70.9 Å². The molecule has 13 N–H and O–H groups in total. The summed E-state index contributed by atoms with van der Waals surface area (Å²) in [5.41, 5.74) is -4.71. The summed E-state index contributed by atoms with van der Waals surface area (Å²) < 4.78 is 0. The second-order valence-corrected chi connectivity index (χ2v) is 17.8. The molecule has 0 bridgehead atoms. The van der Waals surface area contributed by atoms with E-state index in [1.165, 1.54) is 111 Å². The topological polar surface area (TPSA) is 386 Å². The highest BCUT2D eigenvalue weighted by atomic mass is 16.4. The number of carboxylic acid groups (broad SMARTS) is 1. The van der Waals surface area contributed by atoms with Gasteiger partial charge in [0, 0.05) is 6.92 Å². The molecule has 0 radical (unpaired) electrons. The molecule has 0 aromatic rings. The third kappa shape index (κ3) is 20.0. The Morgan fingerprint density at radius 2 is 0.478 bits per heavy atom. The summed E-state index contributed by atoms with van der Waals surface area (Å²) >= 11 is 0. The van der Waals surface area contributed by atoms with Crippen molar-refractivity contribution in [3.8, 4) is 0 Å². The third-order valence-electron chi connectivity index (χ3n) is 9.78. The van der Waals surface area contributed by atoms with Crippen LogP contribution in [0.1, 0.15) is 111 Å². The van der Waals surface area contributed by atoms with Gasteiger partial charge in [-0.15, -0.1) is 0 Å². The minimum absolute atomic E-state index is 0.451. The van der Waals surface area contributed by atoms with Gasteiger partial charge >= 0.3 is 5.97 Å². The van der Waals surface area contributed by atoms with Crippen molar-refractivity contribution in [2.75, 3.05) is 0 Å². The van der Waals surface area contributed by atoms with Gasteiger partial charge in [-0.2, -0.15) is 0 Å². The molecule has 0 aromatic carbocycles. The monoisotopic (exact) mass is 955 g/mol. The Bertz CT molecular complexity index is 1940. The van der Waals surface area contributed by atoms with Crippen LogP contribution in [0.15, 0.2) is 0 Å². The number of carbonyl (C=O) groups is 13. The lowest BCUT2D eigenvalue weighted by Gasteiger charge is -2.29. The molecule has 12 amide bonds. The van der Waals surface area contributed by atoms with E-state index in [1.807, 2.05) is 0 Å². The number of nitrogens with one attached hydrogen (secondary N) is 12. The fraction of sp³-hybridized carbons (Fsp3) is 0.683. The maximum Gasteiger partial charge on any atom is 0.325 e. The predicted octanol–water partition coefficient (Wildman–Crippen LogP) is -4.68. The number of aliphatic carboxylic acids is 1. The molecule has 378 valence electrons. The van der Waals surface area contributed by atoms with Crippen molar-refractivity contribution < 1.29 is 67.4 Å². The molecule has 0 aliphatic rings. The first-order valence-corrected chi connectivity index (χ1v) is 21.3. The van der Waals surface area contributed by atoms with Gasteiger partial charge in [-0.05, 0) is 104 Å². The predicted molar refractivity (Wildman–Crippen MR) is 238 cm³/mol. The summed E-state index contributed by atoms with van der Waals surface area (Å²) in [4.78, 5) is 163. The van der Waals surface area contributed by atoms with Gasteiger partial charge in [0.15, 0.2) is 0 Å². The highest BCUT2D eigenvalue weighted by molar-refractivity contribution is 6.00. The summed E-state index contributed by atoms with van der Waals surface area (Å²) in [6, 6.07) is -10.7. The smallest absolute Gasteiger partial charge is 0.325 e. The molecular weight excluding hydrogens is 885 g/mol. The average Bonchev–Trinajstić information content (AvgIpc) is 3.19. The minimum Gasteiger partial charge on any atom is -0.480 e. The fourth-order valence-electron chi connectivity index (χ4n) is 5.13. The van der Waals surface area contributed by atoms with Crippen molar-refractivity contribution in [1.82, 2.24) is 63.8 Å². The molecular formula is C41H70N12O14. The van der Waals surface area contributed by atoms with Crippen LogP contribution in [0.25, 0.3) is 0 Å². The van der Waals surface area contributed by atoms with E-state index in [-0.39, 0.29) is 0 Å². The number of rotatable bonds is 24. The zero-order valence-corrected chi connectivity index (χ0v) is 41.0. The molecule has 0 saturated carbocycles. The van der Waals surface area contributed by atoms with E-state index in [0.717, 1.165) is 0 Å². The van der Waals surface area contributed by atoms with E-state index in [1.54, 1.807) is 0 Å². The van der Waals surface area contributed by atoms with Crippen LogP contribution in [0.3, 0.4) is 0 Å². The molecule has 0 heterocycles. The summed E-state index contributed by atoms with van der Waals surface area (Å²) in [5.74, 6) is -10.4. The number of carboxylic acids is 1. The highest BCUT2D eigenvalue weighted by Gasteiger charge is 2.37. The quantitative estimate of drug-likeness (QED) is 0.0433. The second kappa shape index (κ2) is 25.1. The van der Waals surface area contributed by atoms with Gasteiger partial charge in [0.1, 0.15) is 71.0 Å². The van der Waals surface area contributed by atoms with Crippen LogP contribution >= 0.6 is 0 Å². The van der Waals surface area contributed by atoms with Crippen LogP contribution in [0.5, 0.6) is 0 Å². The lowest BCUT2D eigenvalue weighted by Crippen LogP contribution is -2.62. The van der Waals surface area contributed by atoms with Crippen molar-refractivity contribution in [2.45, 2.75) is 182 Å². The van der Waals surface area contributed by atoms with Gasteiger partial charge in [-0.25, -0.2) is 0 Å². The molecule has 9 atom stereocenters. The number of hydrogen-bond acceptors (Lipinski definition) is 13. The molecule has 0 rings (SSSR count). The van der Waals surface area contributed by atoms with E-state index in [0.29, 0.717) is 0 Å².